The standard InChI is InChI=1S/C4H11N.C2H6.CH5N/c1-4-5(2)3;2*1-2/h4H2,1-3H3;1-2H3;2H2,1H3. The van der Waals surface area contributed by atoms with Gasteiger partial charge in [0, 0.05) is 0 Å². The smallest absolute Gasteiger partial charge is 0.00533 e. The van der Waals surface area contributed by atoms with Crippen LogP contribution in [-0.4, -0.2) is 32.6 Å². The third-order valence-electron chi connectivity index (χ3n) is 0.632. The summed E-state index contributed by atoms with van der Waals surface area (Å²) in [5.41, 5.74) is 4.50. The van der Waals surface area contributed by atoms with Gasteiger partial charge in [-0.05, 0) is 27.7 Å². The van der Waals surface area contributed by atoms with E-state index in [4.69, 9.17) is 0 Å². The molecule has 0 radical (unpaired) electrons. The molecule has 60 valence electrons. The molecule has 2 nitrogen and oxygen atoms in total. The fourth-order valence-electron chi connectivity index (χ4n) is 0. The molecule has 9 heavy (non-hydrogen) atoms. The van der Waals surface area contributed by atoms with E-state index in [0.717, 1.165) is 6.54 Å². The molecule has 0 amide bonds. The molecule has 0 aromatic heterocycles. The monoisotopic (exact) mass is 134 g/mol. The number of hydrogen-bond acceptors (Lipinski definition) is 2. The van der Waals surface area contributed by atoms with Gasteiger partial charge in [0.15, 0.2) is 0 Å². The highest BCUT2D eigenvalue weighted by molar-refractivity contribution is 4.25. The Bertz CT molecular complexity index is 20.9. The second kappa shape index (κ2) is 24.7. The largest absolute Gasteiger partial charge is 0.333 e. The van der Waals surface area contributed by atoms with Crippen LogP contribution in [0.15, 0.2) is 0 Å². The van der Waals surface area contributed by atoms with Gasteiger partial charge in [-0.15, -0.1) is 0 Å². The summed E-state index contributed by atoms with van der Waals surface area (Å²) in [4.78, 5) is 2.12. The average Bonchev–Trinajstić information content (AvgIpc) is 1.97. The van der Waals surface area contributed by atoms with Gasteiger partial charge in [0.2, 0.25) is 0 Å². The normalized spacial score (nSPS) is 6.67. The maximum absolute atomic E-state index is 4.50. The Morgan fingerprint density at radius 1 is 1.11 bits per heavy atom. The van der Waals surface area contributed by atoms with Crippen LogP contribution in [0.25, 0.3) is 0 Å². The average molecular weight is 134 g/mol. The van der Waals surface area contributed by atoms with E-state index in [1.165, 1.54) is 7.05 Å². The molecule has 0 heterocycles. The Kier molecular flexibility index (Phi) is 43.8. The first kappa shape index (κ1) is 16.0. The highest BCUT2D eigenvalue weighted by atomic mass is 15.0. The van der Waals surface area contributed by atoms with E-state index >= 15 is 0 Å². The van der Waals surface area contributed by atoms with Crippen LogP contribution in [0.2, 0.25) is 0 Å². The summed E-state index contributed by atoms with van der Waals surface area (Å²) in [6.07, 6.45) is 0. The minimum atomic E-state index is 1.14. The maximum Gasteiger partial charge on any atom is -0.00533 e. The van der Waals surface area contributed by atoms with E-state index < -0.39 is 0 Å². The first-order valence-corrected chi connectivity index (χ1v) is 3.50. The molecule has 0 aromatic rings. The topological polar surface area (TPSA) is 29.3 Å². The molecule has 0 spiro atoms. The summed E-state index contributed by atoms with van der Waals surface area (Å²) in [5.74, 6) is 0. The zero-order valence-electron chi connectivity index (χ0n) is 7.73. The second-order valence-electron chi connectivity index (χ2n) is 1.40. The highest BCUT2D eigenvalue weighted by Gasteiger charge is 1.72. The number of hydrogen-bond donors (Lipinski definition) is 1. The minimum absolute atomic E-state index is 1.14. The first-order valence-electron chi connectivity index (χ1n) is 3.50. The zero-order chi connectivity index (χ0) is 8.28. The molecule has 0 saturated heterocycles. The maximum atomic E-state index is 4.50. The van der Waals surface area contributed by atoms with Crippen molar-refractivity contribution in [1.29, 1.82) is 0 Å². The minimum Gasteiger partial charge on any atom is -0.333 e. The van der Waals surface area contributed by atoms with Gasteiger partial charge < -0.3 is 10.6 Å². The van der Waals surface area contributed by atoms with E-state index in [1.807, 2.05) is 13.8 Å². The predicted molar refractivity (Wildman–Crippen MR) is 45.7 cm³/mol. The van der Waals surface area contributed by atoms with Gasteiger partial charge in [-0.1, -0.05) is 20.8 Å². The van der Waals surface area contributed by atoms with Gasteiger partial charge in [0.25, 0.3) is 0 Å². The molecule has 0 rings (SSSR count). The lowest BCUT2D eigenvalue weighted by atomic mass is 10.7. The summed E-state index contributed by atoms with van der Waals surface area (Å²) in [7, 11) is 5.61. The third kappa shape index (κ3) is 75.3. The molecule has 0 aliphatic heterocycles. The second-order valence-corrected chi connectivity index (χ2v) is 1.40. The van der Waals surface area contributed by atoms with Gasteiger partial charge in [0.05, 0.1) is 0 Å². The van der Waals surface area contributed by atoms with Gasteiger partial charge in [-0.2, -0.15) is 0 Å². The van der Waals surface area contributed by atoms with E-state index in [9.17, 15) is 0 Å². The van der Waals surface area contributed by atoms with Gasteiger partial charge >= 0.3 is 0 Å². The fourth-order valence-corrected chi connectivity index (χ4v) is 0. The molecule has 2 heteroatoms. The van der Waals surface area contributed by atoms with Crippen LogP contribution in [0.5, 0.6) is 0 Å². The summed E-state index contributed by atoms with van der Waals surface area (Å²) >= 11 is 0. The molecule has 2 N–H and O–H groups in total. The van der Waals surface area contributed by atoms with Crippen LogP contribution >= 0.6 is 0 Å². The number of rotatable bonds is 1. The zero-order valence-corrected chi connectivity index (χ0v) is 7.73. The van der Waals surface area contributed by atoms with Crippen LogP contribution in [0.1, 0.15) is 20.8 Å². The lowest BCUT2D eigenvalue weighted by Gasteiger charge is -2.00. The Balaban J connectivity index is -0.0000000771. The van der Waals surface area contributed by atoms with Crippen molar-refractivity contribution >= 4 is 0 Å². The molecule has 0 fully saturated rings. The van der Waals surface area contributed by atoms with Crippen molar-refractivity contribution in [2.75, 3.05) is 27.7 Å². The molecular weight excluding hydrogens is 112 g/mol. The quantitative estimate of drug-likeness (QED) is 0.583. The van der Waals surface area contributed by atoms with Crippen LogP contribution < -0.4 is 5.73 Å². The SMILES string of the molecule is CC.CCN(C)C.CN. The summed E-state index contributed by atoms with van der Waals surface area (Å²) in [6.45, 7) is 7.26. The van der Waals surface area contributed by atoms with Crippen LogP contribution in [0, 0.1) is 0 Å². The van der Waals surface area contributed by atoms with Gasteiger partial charge in [0.1, 0.15) is 0 Å². The van der Waals surface area contributed by atoms with Crippen molar-refractivity contribution in [2.45, 2.75) is 20.8 Å². The van der Waals surface area contributed by atoms with E-state index in [2.05, 4.69) is 31.7 Å². The van der Waals surface area contributed by atoms with Gasteiger partial charge in [-0.3, -0.25) is 0 Å². The lowest BCUT2D eigenvalue weighted by molar-refractivity contribution is 0.434. The Morgan fingerprint density at radius 3 is 1.22 bits per heavy atom. The highest BCUT2D eigenvalue weighted by Crippen LogP contribution is 1.63. The fraction of sp³-hybridized carbons (Fsp3) is 1.00. The van der Waals surface area contributed by atoms with Crippen LogP contribution in [0.4, 0.5) is 0 Å². The molecule has 0 bridgehead atoms. The molecule has 0 unspecified atom stereocenters. The Morgan fingerprint density at radius 2 is 1.22 bits per heavy atom. The molecule has 0 aliphatic rings. The molecular formula is C7H22N2. The number of nitrogens with two attached hydrogens (primary N) is 1. The Hall–Kier alpha value is -0.0800. The first-order chi connectivity index (χ1) is 4.27. The van der Waals surface area contributed by atoms with Crippen molar-refractivity contribution in [1.82, 2.24) is 4.90 Å². The van der Waals surface area contributed by atoms with E-state index in [0.29, 0.717) is 0 Å². The van der Waals surface area contributed by atoms with Gasteiger partial charge in [-0.25, -0.2) is 0 Å². The van der Waals surface area contributed by atoms with Crippen molar-refractivity contribution in [3.05, 3.63) is 0 Å². The summed E-state index contributed by atoms with van der Waals surface area (Å²) in [5, 5.41) is 0. The lowest BCUT2D eigenvalue weighted by Crippen LogP contribution is -2.08. The van der Waals surface area contributed by atoms with Crippen LogP contribution in [0.3, 0.4) is 0 Å². The molecule has 0 saturated carbocycles. The van der Waals surface area contributed by atoms with Crippen molar-refractivity contribution in [3.63, 3.8) is 0 Å². The van der Waals surface area contributed by atoms with Crippen molar-refractivity contribution in [3.8, 4) is 0 Å². The van der Waals surface area contributed by atoms with Crippen LogP contribution in [-0.2, 0) is 0 Å². The summed E-state index contributed by atoms with van der Waals surface area (Å²) in [6, 6.07) is 0. The third-order valence-corrected chi connectivity index (χ3v) is 0.632. The van der Waals surface area contributed by atoms with Crippen molar-refractivity contribution in [2.24, 2.45) is 5.73 Å². The predicted octanol–water partition coefficient (Wildman–Crippen LogP) is 1.17. The molecule has 0 aromatic carbocycles. The number of nitrogens with zero attached hydrogens (tertiary/aromatic N) is 1. The molecule has 0 aliphatic carbocycles. The van der Waals surface area contributed by atoms with E-state index in [1.54, 1.807) is 0 Å². The summed E-state index contributed by atoms with van der Waals surface area (Å²) < 4.78 is 0. The molecule has 0 atom stereocenters. The Labute approximate surface area is 60.0 Å². The van der Waals surface area contributed by atoms with E-state index in [-0.39, 0.29) is 0 Å². The van der Waals surface area contributed by atoms with Crippen molar-refractivity contribution < 1.29 is 0 Å².